The number of aliphatic hydroxyl groups is 1. The topological polar surface area (TPSA) is 83.5 Å². The summed E-state index contributed by atoms with van der Waals surface area (Å²) in [6, 6.07) is 0. The highest BCUT2D eigenvalue weighted by atomic mass is 16.4. The number of hydrogen-bond donors (Lipinski definition) is 3. The molecule has 0 aliphatic heterocycles. The third-order valence-electron chi connectivity index (χ3n) is 3.77. The molecule has 0 aromatic rings. The number of nitrogens with two attached hydrogens (primary N) is 1. The number of aliphatic carboxylic acids is 1. The smallest absolute Gasteiger partial charge is 0.306 e. The van der Waals surface area contributed by atoms with E-state index in [1.165, 1.54) is 25.7 Å². The van der Waals surface area contributed by atoms with E-state index < -0.39 is 5.97 Å². The Morgan fingerprint density at radius 1 is 0.889 bits per heavy atom. The molecular formula is C23H41NO3. The van der Waals surface area contributed by atoms with Crippen LogP contribution in [0, 0.1) is 5.92 Å². The summed E-state index contributed by atoms with van der Waals surface area (Å²) in [5.74, 6) is -0.957. The lowest BCUT2D eigenvalue weighted by atomic mass is 10.1. The van der Waals surface area contributed by atoms with Gasteiger partial charge in [0.2, 0.25) is 0 Å². The number of hydrogen-bond acceptors (Lipinski definition) is 3. The predicted octanol–water partition coefficient (Wildman–Crippen LogP) is 5.40. The summed E-state index contributed by atoms with van der Waals surface area (Å²) in [4.78, 5) is 10.6. The van der Waals surface area contributed by atoms with Crippen molar-refractivity contribution in [1.29, 1.82) is 0 Å². The van der Waals surface area contributed by atoms with Crippen LogP contribution in [0.25, 0.3) is 0 Å². The minimum atomic E-state index is -0.708. The van der Waals surface area contributed by atoms with Crippen LogP contribution in [0.2, 0.25) is 0 Å². The second kappa shape index (κ2) is 24.4. The van der Waals surface area contributed by atoms with Gasteiger partial charge in [-0.25, -0.2) is 0 Å². The van der Waals surface area contributed by atoms with E-state index in [4.69, 9.17) is 15.9 Å². The molecule has 0 bridgehead atoms. The Bertz CT molecular complexity index is 423. The maximum Gasteiger partial charge on any atom is 0.306 e. The summed E-state index contributed by atoms with van der Waals surface area (Å²) in [6.45, 7) is 4.46. The van der Waals surface area contributed by atoms with Crippen LogP contribution in [-0.2, 0) is 4.79 Å². The summed E-state index contributed by atoms with van der Waals surface area (Å²) in [7, 11) is 0. The Kier molecular flexibility index (Phi) is 24.9. The number of unbranched alkanes of at least 4 members (excludes halogenated alkanes) is 3. The monoisotopic (exact) mass is 379 g/mol. The Morgan fingerprint density at radius 3 is 1.74 bits per heavy atom. The van der Waals surface area contributed by atoms with Crippen molar-refractivity contribution in [2.24, 2.45) is 11.7 Å². The van der Waals surface area contributed by atoms with Gasteiger partial charge >= 0.3 is 5.97 Å². The zero-order valence-electron chi connectivity index (χ0n) is 17.4. The van der Waals surface area contributed by atoms with E-state index in [1.54, 1.807) is 6.92 Å². The summed E-state index contributed by atoms with van der Waals surface area (Å²) in [5, 5.41) is 16.5. The zero-order valence-corrected chi connectivity index (χ0v) is 17.4. The number of carboxylic acids is 1. The predicted molar refractivity (Wildman–Crippen MR) is 117 cm³/mol. The van der Waals surface area contributed by atoms with Gasteiger partial charge in [-0.3, -0.25) is 4.79 Å². The molecule has 4 N–H and O–H groups in total. The van der Waals surface area contributed by atoms with Gasteiger partial charge in [-0.05, 0) is 44.9 Å². The highest BCUT2D eigenvalue weighted by Crippen LogP contribution is 2.06. The quantitative estimate of drug-likeness (QED) is 0.263. The molecule has 1 atom stereocenters. The van der Waals surface area contributed by atoms with Crippen LogP contribution in [0.5, 0.6) is 0 Å². The van der Waals surface area contributed by atoms with Crippen LogP contribution in [0.1, 0.15) is 71.6 Å². The van der Waals surface area contributed by atoms with Crippen LogP contribution in [0.15, 0.2) is 48.6 Å². The van der Waals surface area contributed by atoms with Crippen molar-refractivity contribution in [3.8, 4) is 0 Å². The maximum absolute atomic E-state index is 10.6. The highest BCUT2D eigenvalue weighted by molar-refractivity contribution is 5.69. The Hall–Kier alpha value is -1.65. The molecule has 0 saturated carbocycles. The van der Waals surface area contributed by atoms with E-state index in [0.717, 1.165) is 25.7 Å². The molecule has 0 heterocycles. The van der Waals surface area contributed by atoms with Crippen LogP contribution >= 0.6 is 0 Å². The summed E-state index contributed by atoms with van der Waals surface area (Å²) < 4.78 is 0. The molecule has 4 heteroatoms. The second-order valence-electron chi connectivity index (χ2n) is 6.42. The molecular weight excluding hydrogens is 338 g/mol. The molecule has 1 unspecified atom stereocenters. The van der Waals surface area contributed by atoms with Crippen molar-refractivity contribution in [2.75, 3.05) is 13.2 Å². The summed E-state index contributed by atoms with van der Waals surface area (Å²) in [5.41, 5.74) is 4.78. The lowest BCUT2D eigenvalue weighted by Crippen LogP contribution is -2.08. The molecule has 0 radical (unpaired) electrons. The van der Waals surface area contributed by atoms with Crippen LogP contribution in [0.4, 0.5) is 0 Å². The lowest BCUT2D eigenvalue weighted by Gasteiger charge is -2.01. The summed E-state index contributed by atoms with van der Waals surface area (Å²) >= 11 is 0. The van der Waals surface area contributed by atoms with Gasteiger partial charge in [-0.15, -0.1) is 0 Å². The van der Waals surface area contributed by atoms with Gasteiger partial charge in [-0.2, -0.15) is 0 Å². The van der Waals surface area contributed by atoms with Crippen LogP contribution in [-0.4, -0.2) is 29.3 Å². The van der Waals surface area contributed by atoms with Crippen molar-refractivity contribution in [3.63, 3.8) is 0 Å². The van der Waals surface area contributed by atoms with Gasteiger partial charge in [0.05, 0.1) is 12.5 Å². The number of carboxylic acid groups (broad SMARTS) is 1. The maximum atomic E-state index is 10.6. The van der Waals surface area contributed by atoms with Gasteiger partial charge in [0.25, 0.3) is 0 Å². The molecule has 4 nitrogen and oxygen atoms in total. The molecule has 0 aromatic carbocycles. The summed E-state index contributed by atoms with van der Waals surface area (Å²) in [6.07, 6.45) is 27.1. The fourth-order valence-electron chi connectivity index (χ4n) is 2.03. The van der Waals surface area contributed by atoms with Crippen LogP contribution < -0.4 is 5.73 Å². The first-order valence-corrected chi connectivity index (χ1v) is 10.2. The molecule has 0 aromatic heterocycles. The molecule has 0 fully saturated rings. The van der Waals surface area contributed by atoms with E-state index >= 15 is 0 Å². The van der Waals surface area contributed by atoms with Crippen molar-refractivity contribution in [3.05, 3.63) is 48.6 Å². The van der Waals surface area contributed by atoms with E-state index in [-0.39, 0.29) is 12.5 Å². The molecule has 0 aliphatic rings. The van der Waals surface area contributed by atoms with Crippen LogP contribution in [0.3, 0.4) is 0 Å². The fourth-order valence-corrected chi connectivity index (χ4v) is 2.03. The van der Waals surface area contributed by atoms with E-state index in [0.29, 0.717) is 13.0 Å². The zero-order chi connectivity index (χ0) is 20.6. The number of carbonyl (C=O) groups is 1. The average Bonchev–Trinajstić information content (AvgIpc) is 2.67. The second-order valence-corrected chi connectivity index (χ2v) is 6.42. The minimum absolute atomic E-state index is 0.0972. The van der Waals surface area contributed by atoms with Crippen molar-refractivity contribution in [1.82, 2.24) is 0 Å². The van der Waals surface area contributed by atoms with E-state index in [2.05, 4.69) is 55.5 Å². The number of aliphatic hydroxyl groups excluding tert-OH is 1. The SMILES string of the molecule is CCCCC/C=C\C/C=C\C/C=C\C/C=C\CCC(C)C(=O)O.NCCO. The fraction of sp³-hybridized carbons (Fsp3) is 0.609. The third kappa shape index (κ3) is 26.7. The normalized spacial score (nSPS) is 12.9. The standard InChI is InChI=1S/C21H34O2.C2H7NO/c1-3-4-5-6-7-8-9-10-11-12-13-14-15-16-17-18-19-20(2)21(22)23;3-1-2-4/h7-8,10-11,13-14,16-17,20H,3-6,9,12,15,18-19H2,1-2H3,(H,22,23);4H,1-3H2/b8-7-,11-10-,14-13-,17-16-;. The lowest BCUT2D eigenvalue weighted by molar-refractivity contribution is -0.141. The average molecular weight is 380 g/mol. The highest BCUT2D eigenvalue weighted by Gasteiger charge is 2.08. The van der Waals surface area contributed by atoms with Gasteiger partial charge in [0.1, 0.15) is 0 Å². The molecule has 0 spiro atoms. The number of allylic oxidation sites excluding steroid dienone is 8. The Labute approximate surface area is 166 Å². The largest absolute Gasteiger partial charge is 0.481 e. The van der Waals surface area contributed by atoms with Crippen molar-refractivity contribution in [2.45, 2.75) is 71.6 Å². The molecule has 156 valence electrons. The van der Waals surface area contributed by atoms with Gasteiger partial charge in [-0.1, -0.05) is 75.3 Å². The van der Waals surface area contributed by atoms with Crippen molar-refractivity contribution >= 4 is 5.97 Å². The Balaban J connectivity index is 0. The van der Waals surface area contributed by atoms with Crippen molar-refractivity contribution < 1.29 is 15.0 Å². The van der Waals surface area contributed by atoms with Gasteiger partial charge < -0.3 is 15.9 Å². The number of rotatable bonds is 15. The Morgan fingerprint density at radius 2 is 1.33 bits per heavy atom. The van der Waals surface area contributed by atoms with Gasteiger partial charge in [0.15, 0.2) is 0 Å². The molecule has 0 aliphatic carbocycles. The first-order chi connectivity index (χ1) is 13.1. The molecule has 0 rings (SSSR count). The molecule has 27 heavy (non-hydrogen) atoms. The first kappa shape index (κ1) is 27.6. The van der Waals surface area contributed by atoms with E-state index in [9.17, 15) is 4.79 Å². The van der Waals surface area contributed by atoms with Gasteiger partial charge in [0, 0.05) is 6.54 Å². The van der Waals surface area contributed by atoms with E-state index in [1.807, 2.05) is 0 Å². The first-order valence-electron chi connectivity index (χ1n) is 10.2. The third-order valence-corrected chi connectivity index (χ3v) is 3.77. The molecule has 0 amide bonds. The minimum Gasteiger partial charge on any atom is -0.481 e. The molecule has 0 saturated heterocycles.